The summed E-state index contributed by atoms with van der Waals surface area (Å²) in [7, 11) is 3.05. The quantitative estimate of drug-likeness (QED) is 0.377. The Kier molecular flexibility index (Phi) is 7.11. The number of hydrogen-bond acceptors (Lipinski definition) is 5. The van der Waals surface area contributed by atoms with Crippen molar-refractivity contribution in [3.05, 3.63) is 76.3 Å². The van der Waals surface area contributed by atoms with Gasteiger partial charge < -0.3 is 19.4 Å². The van der Waals surface area contributed by atoms with Crippen LogP contribution in [0.5, 0.6) is 11.5 Å². The molecule has 1 amide bonds. The molecule has 2 heterocycles. The fraction of sp³-hybridized carbons (Fsp3) is 0.296. The number of methoxy groups -OCH3 is 2. The first-order chi connectivity index (χ1) is 16.5. The van der Waals surface area contributed by atoms with Crippen LogP contribution >= 0.6 is 0 Å². The third kappa shape index (κ3) is 4.73. The third-order valence-corrected chi connectivity index (χ3v) is 5.92. The Morgan fingerprint density at radius 3 is 2.50 bits per heavy atom. The van der Waals surface area contributed by atoms with Gasteiger partial charge in [-0.15, -0.1) is 0 Å². The van der Waals surface area contributed by atoms with Gasteiger partial charge in [0.1, 0.15) is 0 Å². The molecule has 0 radical (unpaired) electrons. The minimum absolute atomic E-state index is 0.193. The van der Waals surface area contributed by atoms with Crippen molar-refractivity contribution in [1.29, 1.82) is 0 Å². The van der Waals surface area contributed by atoms with E-state index in [1.807, 2.05) is 36.4 Å². The minimum atomic E-state index is -0.219. The van der Waals surface area contributed by atoms with E-state index >= 15 is 0 Å². The maximum atomic E-state index is 13.4. The number of carbonyl (C=O) groups is 1. The molecule has 0 saturated carbocycles. The molecule has 0 atom stereocenters. The van der Waals surface area contributed by atoms with Gasteiger partial charge in [0.15, 0.2) is 11.5 Å². The molecule has 1 N–H and O–H groups in total. The molecule has 0 fully saturated rings. The van der Waals surface area contributed by atoms with Crippen molar-refractivity contribution in [3.8, 4) is 11.5 Å². The number of aromatic nitrogens is 2. The van der Waals surface area contributed by atoms with E-state index in [0.717, 1.165) is 29.4 Å². The molecule has 34 heavy (non-hydrogen) atoms. The number of benzene rings is 2. The molecule has 0 aliphatic heterocycles. The van der Waals surface area contributed by atoms with E-state index in [1.54, 1.807) is 22.9 Å². The molecule has 0 bridgehead atoms. The Morgan fingerprint density at radius 2 is 1.76 bits per heavy atom. The summed E-state index contributed by atoms with van der Waals surface area (Å²) in [6, 6.07) is 15.3. The summed E-state index contributed by atoms with van der Waals surface area (Å²) in [6.07, 6.45) is 4.05. The predicted molar refractivity (Wildman–Crippen MR) is 134 cm³/mol. The molecule has 0 aliphatic carbocycles. The van der Waals surface area contributed by atoms with Gasteiger partial charge in [-0.25, -0.2) is 0 Å². The molecule has 0 saturated heterocycles. The van der Waals surface area contributed by atoms with Gasteiger partial charge in [0.25, 0.3) is 11.5 Å². The van der Waals surface area contributed by atoms with Gasteiger partial charge in [-0.05, 0) is 30.7 Å². The lowest BCUT2D eigenvalue weighted by Gasteiger charge is -2.15. The summed E-state index contributed by atoms with van der Waals surface area (Å²) in [5, 5.41) is 4.98. The summed E-state index contributed by atoms with van der Waals surface area (Å²) in [6.45, 7) is 3.04. The zero-order chi connectivity index (χ0) is 24.1. The highest BCUT2D eigenvalue weighted by Gasteiger charge is 2.18. The number of para-hydroxylation sites is 1. The van der Waals surface area contributed by atoms with E-state index < -0.39 is 0 Å². The maximum absolute atomic E-state index is 13.4. The van der Waals surface area contributed by atoms with Crippen molar-refractivity contribution >= 4 is 27.6 Å². The number of pyridine rings is 2. The lowest BCUT2D eigenvalue weighted by atomic mass is 10.0. The number of carbonyl (C=O) groups excluding carboxylic acids is 1. The van der Waals surface area contributed by atoms with E-state index in [9.17, 15) is 9.59 Å². The highest BCUT2D eigenvalue weighted by Crippen LogP contribution is 2.32. The van der Waals surface area contributed by atoms with Gasteiger partial charge in [0.05, 0.1) is 30.7 Å². The van der Waals surface area contributed by atoms with Gasteiger partial charge in [0, 0.05) is 42.2 Å². The molecule has 7 nitrogen and oxygen atoms in total. The van der Waals surface area contributed by atoms with Crippen LogP contribution in [0.2, 0.25) is 0 Å². The monoisotopic (exact) mass is 459 g/mol. The van der Waals surface area contributed by atoms with Crippen LogP contribution in [-0.2, 0) is 13.0 Å². The summed E-state index contributed by atoms with van der Waals surface area (Å²) in [5.74, 6) is 0.691. The Hall–Kier alpha value is -3.87. The van der Waals surface area contributed by atoms with Gasteiger partial charge in [-0.2, -0.15) is 0 Å². The number of aryl methyl sites for hydroxylation is 2. The lowest BCUT2D eigenvalue weighted by molar-refractivity contribution is 0.0954. The van der Waals surface area contributed by atoms with Gasteiger partial charge in [0.2, 0.25) is 0 Å². The molecule has 4 rings (SSSR count). The van der Waals surface area contributed by atoms with Crippen LogP contribution in [0, 0.1) is 0 Å². The van der Waals surface area contributed by atoms with E-state index in [-0.39, 0.29) is 11.5 Å². The van der Waals surface area contributed by atoms with Gasteiger partial charge in [-0.1, -0.05) is 37.6 Å². The number of hydrogen-bond donors (Lipinski definition) is 1. The van der Waals surface area contributed by atoms with Gasteiger partial charge in [-0.3, -0.25) is 14.6 Å². The molecular weight excluding hydrogens is 430 g/mol. The summed E-state index contributed by atoms with van der Waals surface area (Å²) in [4.78, 5) is 31.1. The first kappa shape index (κ1) is 23.3. The highest BCUT2D eigenvalue weighted by molar-refractivity contribution is 6.07. The number of amides is 1. The lowest BCUT2D eigenvalue weighted by Crippen LogP contribution is -2.28. The average molecular weight is 460 g/mol. The second-order valence-corrected chi connectivity index (χ2v) is 8.15. The predicted octanol–water partition coefficient (Wildman–Crippen LogP) is 4.34. The van der Waals surface area contributed by atoms with Crippen LogP contribution in [0.4, 0.5) is 0 Å². The summed E-state index contributed by atoms with van der Waals surface area (Å²) in [5.41, 5.74) is 2.03. The van der Waals surface area contributed by atoms with Crippen molar-refractivity contribution in [1.82, 2.24) is 14.9 Å². The Bertz CT molecular complexity index is 1390. The molecule has 4 aromatic rings. The normalized spacial score (nSPS) is 11.0. The van der Waals surface area contributed by atoms with Crippen molar-refractivity contribution in [2.75, 3.05) is 20.8 Å². The van der Waals surface area contributed by atoms with Crippen molar-refractivity contribution in [3.63, 3.8) is 0 Å². The summed E-state index contributed by atoms with van der Waals surface area (Å²) < 4.78 is 12.4. The maximum Gasteiger partial charge on any atom is 0.258 e. The zero-order valence-electron chi connectivity index (χ0n) is 19.8. The molecular formula is C27H29N3O4. The molecule has 2 aromatic carbocycles. The highest BCUT2D eigenvalue weighted by atomic mass is 16.5. The third-order valence-electron chi connectivity index (χ3n) is 5.92. The standard InChI is InChI=1S/C27H29N3O4/c1-4-5-13-28-26(31)22-17-30(14-12-19-11-10-18-8-6-7-9-23(18)29-19)27(32)21-16-25(34-3)24(33-2)15-20(21)22/h6-11,15-17H,4-5,12-14H2,1-3H3,(H,28,31). The van der Waals surface area contributed by atoms with E-state index in [0.29, 0.717) is 47.3 Å². The second-order valence-electron chi connectivity index (χ2n) is 8.15. The number of nitrogens with one attached hydrogen (secondary N) is 1. The van der Waals surface area contributed by atoms with E-state index in [4.69, 9.17) is 14.5 Å². The number of ether oxygens (including phenoxy) is 2. The first-order valence-corrected chi connectivity index (χ1v) is 11.5. The number of unbranched alkanes of at least 4 members (excludes halogenated alkanes) is 1. The van der Waals surface area contributed by atoms with Crippen molar-refractivity contribution < 1.29 is 14.3 Å². The second kappa shape index (κ2) is 10.4. The number of fused-ring (bicyclic) bond motifs is 2. The Morgan fingerprint density at radius 1 is 1.03 bits per heavy atom. The fourth-order valence-electron chi connectivity index (χ4n) is 4.02. The molecule has 176 valence electrons. The molecule has 7 heteroatoms. The van der Waals surface area contributed by atoms with Crippen LogP contribution in [0.3, 0.4) is 0 Å². The van der Waals surface area contributed by atoms with Crippen LogP contribution < -0.4 is 20.3 Å². The van der Waals surface area contributed by atoms with Crippen LogP contribution in [0.15, 0.2) is 59.5 Å². The van der Waals surface area contributed by atoms with Crippen LogP contribution in [0.25, 0.3) is 21.7 Å². The van der Waals surface area contributed by atoms with Crippen molar-refractivity contribution in [2.45, 2.75) is 32.7 Å². The van der Waals surface area contributed by atoms with Crippen molar-refractivity contribution in [2.24, 2.45) is 0 Å². The molecule has 0 unspecified atom stereocenters. The topological polar surface area (TPSA) is 82.5 Å². The molecule has 0 aliphatic rings. The van der Waals surface area contributed by atoms with Crippen LogP contribution in [-0.4, -0.2) is 36.2 Å². The number of rotatable bonds is 9. The Labute approximate surface area is 198 Å². The average Bonchev–Trinajstić information content (AvgIpc) is 2.87. The van der Waals surface area contributed by atoms with Gasteiger partial charge >= 0.3 is 0 Å². The van der Waals surface area contributed by atoms with E-state index in [2.05, 4.69) is 12.2 Å². The zero-order valence-corrected chi connectivity index (χ0v) is 19.8. The fourth-order valence-corrected chi connectivity index (χ4v) is 4.02. The summed E-state index contributed by atoms with van der Waals surface area (Å²) >= 11 is 0. The Balaban J connectivity index is 1.74. The minimum Gasteiger partial charge on any atom is -0.493 e. The molecule has 0 spiro atoms. The molecule has 2 aromatic heterocycles. The van der Waals surface area contributed by atoms with E-state index in [1.165, 1.54) is 14.2 Å². The van der Waals surface area contributed by atoms with Crippen LogP contribution in [0.1, 0.15) is 35.8 Å². The number of nitrogens with zero attached hydrogens (tertiary/aromatic N) is 2. The first-order valence-electron chi connectivity index (χ1n) is 11.5. The smallest absolute Gasteiger partial charge is 0.258 e. The largest absolute Gasteiger partial charge is 0.493 e. The SMILES string of the molecule is CCCCNC(=O)c1cn(CCc2ccc3ccccc3n2)c(=O)c2cc(OC)c(OC)cc12.